The average Bonchev–Trinajstić information content (AvgIpc) is 3.26. The number of hydrogen-bond acceptors (Lipinski definition) is 6. The number of carboxylic acids is 1. The molecule has 28 heavy (non-hydrogen) atoms. The van der Waals surface area contributed by atoms with Gasteiger partial charge in [-0.2, -0.15) is 4.68 Å². The molecule has 1 aromatic carbocycles. The van der Waals surface area contributed by atoms with Crippen molar-refractivity contribution >= 4 is 17.6 Å². The predicted octanol–water partition coefficient (Wildman–Crippen LogP) is 2.46. The van der Waals surface area contributed by atoms with Crippen LogP contribution in [-0.4, -0.2) is 37.2 Å². The summed E-state index contributed by atoms with van der Waals surface area (Å²) in [5, 5.41) is 23.1. The van der Waals surface area contributed by atoms with E-state index in [0.29, 0.717) is 17.1 Å². The summed E-state index contributed by atoms with van der Waals surface area (Å²) in [5.74, 6) is -1.34. The Morgan fingerprint density at radius 1 is 1.39 bits per heavy atom. The Hall–Kier alpha value is -3.56. The Labute approximate surface area is 158 Å². The average molecular weight is 385 g/mol. The topological polar surface area (TPSA) is 123 Å². The summed E-state index contributed by atoms with van der Waals surface area (Å²) in [6.07, 6.45) is 2.81. The Morgan fingerprint density at radius 2 is 2.18 bits per heavy atom. The van der Waals surface area contributed by atoms with Crippen LogP contribution in [0.5, 0.6) is 0 Å². The highest BCUT2D eigenvalue weighted by Gasteiger charge is 2.30. The molecule has 10 heteroatoms. The number of halogens is 1. The number of aryl methyl sites for hydroxylation is 1. The first-order valence-electron chi connectivity index (χ1n) is 8.62. The molecule has 3 aromatic rings. The van der Waals surface area contributed by atoms with Gasteiger partial charge in [0.25, 0.3) is 5.91 Å². The van der Waals surface area contributed by atoms with Crippen LogP contribution in [0.1, 0.15) is 46.3 Å². The number of furan rings is 1. The number of carbonyl (C=O) groups excluding carboxylic acids is 1. The summed E-state index contributed by atoms with van der Waals surface area (Å²) >= 11 is 0. The number of aliphatic carboxylic acids is 1. The monoisotopic (exact) mass is 385 g/mol. The van der Waals surface area contributed by atoms with Gasteiger partial charge in [0.05, 0.1) is 11.8 Å². The van der Waals surface area contributed by atoms with Gasteiger partial charge in [0.2, 0.25) is 0 Å². The van der Waals surface area contributed by atoms with Gasteiger partial charge in [-0.05, 0) is 48.4 Å². The van der Waals surface area contributed by atoms with Crippen LogP contribution in [-0.2, 0) is 11.2 Å². The zero-order valence-corrected chi connectivity index (χ0v) is 14.8. The van der Waals surface area contributed by atoms with E-state index in [2.05, 4.69) is 20.8 Å². The van der Waals surface area contributed by atoms with Crippen LogP contribution in [0.25, 0.3) is 5.69 Å². The molecule has 2 heterocycles. The molecule has 0 spiro atoms. The second kappa shape index (κ2) is 6.87. The first kappa shape index (κ1) is 17.8. The van der Waals surface area contributed by atoms with Crippen LogP contribution < -0.4 is 5.32 Å². The number of tetrazole rings is 1. The number of carbonyl (C=O) groups is 2. The Kier molecular flexibility index (Phi) is 4.38. The van der Waals surface area contributed by atoms with Crippen molar-refractivity contribution in [2.75, 3.05) is 5.32 Å². The van der Waals surface area contributed by atoms with Gasteiger partial charge >= 0.3 is 5.97 Å². The number of nitrogens with one attached hydrogen (secondary N) is 1. The van der Waals surface area contributed by atoms with Crippen molar-refractivity contribution in [2.24, 2.45) is 0 Å². The van der Waals surface area contributed by atoms with Gasteiger partial charge < -0.3 is 14.8 Å². The molecule has 2 N–H and O–H groups in total. The maximum atomic E-state index is 14.4. The van der Waals surface area contributed by atoms with E-state index in [9.17, 15) is 14.0 Å². The number of aromatic nitrogens is 4. The predicted molar refractivity (Wildman–Crippen MR) is 93.8 cm³/mol. The Morgan fingerprint density at radius 3 is 2.89 bits per heavy atom. The van der Waals surface area contributed by atoms with Crippen LogP contribution in [0.2, 0.25) is 0 Å². The van der Waals surface area contributed by atoms with Crippen molar-refractivity contribution in [3.05, 3.63) is 53.0 Å². The molecule has 0 atom stereocenters. The minimum Gasteiger partial charge on any atom is -0.481 e. The van der Waals surface area contributed by atoms with Crippen LogP contribution in [0.3, 0.4) is 0 Å². The van der Waals surface area contributed by atoms with Crippen LogP contribution in [0, 0.1) is 12.7 Å². The molecule has 1 amide bonds. The second-order valence-electron chi connectivity index (χ2n) is 6.63. The molecule has 0 bridgehead atoms. The zero-order chi connectivity index (χ0) is 19.8. The lowest BCUT2D eigenvalue weighted by Crippen LogP contribution is -2.16. The molecule has 0 aliphatic heterocycles. The highest BCUT2D eigenvalue weighted by atomic mass is 19.1. The summed E-state index contributed by atoms with van der Waals surface area (Å²) < 4.78 is 20.9. The van der Waals surface area contributed by atoms with Crippen LogP contribution in [0.4, 0.5) is 10.1 Å². The largest absolute Gasteiger partial charge is 0.481 e. The fraction of sp³-hybridized carbons (Fsp3) is 0.278. The quantitative estimate of drug-likeness (QED) is 0.668. The molecule has 0 unspecified atom stereocenters. The van der Waals surface area contributed by atoms with E-state index in [1.165, 1.54) is 29.1 Å². The van der Waals surface area contributed by atoms with E-state index in [0.717, 1.165) is 12.8 Å². The molecule has 1 aliphatic carbocycles. The normalized spacial score (nSPS) is 13.5. The van der Waals surface area contributed by atoms with Crippen molar-refractivity contribution in [3.8, 4) is 5.69 Å². The molecule has 1 fully saturated rings. The van der Waals surface area contributed by atoms with Gasteiger partial charge in [-0.25, -0.2) is 4.39 Å². The molecule has 2 aromatic heterocycles. The number of amides is 1. The summed E-state index contributed by atoms with van der Waals surface area (Å²) in [7, 11) is 0. The van der Waals surface area contributed by atoms with Gasteiger partial charge in [-0.1, -0.05) is 0 Å². The van der Waals surface area contributed by atoms with E-state index in [1.54, 1.807) is 6.92 Å². The first-order chi connectivity index (χ1) is 13.4. The summed E-state index contributed by atoms with van der Waals surface area (Å²) in [6.45, 7) is 1.64. The lowest BCUT2D eigenvalue weighted by molar-refractivity contribution is -0.136. The molecule has 4 rings (SSSR count). The van der Waals surface area contributed by atoms with Crippen LogP contribution in [0.15, 0.2) is 28.9 Å². The molecule has 1 aliphatic rings. The summed E-state index contributed by atoms with van der Waals surface area (Å²) in [6, 6.07) is 4.05. The van der Waals surface area contributed by atoms with Crippen molar-refractivity contribution in [1.82, 2.24) is 20.2 Å². The molecular formula is C18H16FN5O4. The van der Waals surface area contributed by atoms with Gasteiger partial charge in [0.15, 0.2) is 5.82 Å². The van der Waals surface area contributed by atoms with E-state index < -0.39 is 24.1 Å². The third-order valence-corrected chi connectivity index (χ3v) is 4.46. The Balaban J connectivity index is 1.63. The van der Waals surface area contributed by atoms with Crippen molar-refractivity contribution in [1.29, 1.82) is 0 Å². The second-order valence-corrected chi connectivity index (χ2v) is 6.63. The van der Waals surface area contributed by atoms with Crippen molar-refractivity contribution in [3.63, 3.8) is 0 Å². The smallest absolute Gasteiger partial charge is 0.311 e. The standard InChI is InChI=1S/C18H16FN5O4/c1-9-8-28-14(7-15(25)26)16(9)18(27)20-11-4-5-12(19)13(6-11)24-17(10-2-3-10)21-22-23-24/h4-6,8,10H,2-3,7H2,1H3,(H,20,27)(H,25,26). The number of hydrogen-bond donors (Lipinski definition) is 2. The number of carboxylic acid groups (broad SMARTS) is 1. The fourth-order valence-corrected chi connectivity index (χ4v) is 2.98. The third-order valence-electron chi connectivity index (χ3n) is 4.46. The number of rotatable bonds is 6. The van der Waals surface area contributed by atoms with Gasteiger partial charge in [-0.15, -0.1) is 5.10 Å². The maximum Gasteiger partial charge on any atom is 0.311 e. The van der Waals surface area contributed by atoms with E-state index in [4.69, 9.17) is 9.52 Å². The Bertz CT molecular complexity index is 1070. The highest BCUT2D eigenvalue weighted by Crippen LogP contribution is 2.39. The maximum absolute atomic E-state index is 14.4. The SMILES string of the molecule is Cc1coc(CC(=O)O)c1C(=O)Nc1ccc(F)c(-n2nnnc2C2CC2)c1. The molecule has 0 saturated heterocycles. The minimum atomic E-state index is -1.11. The highest BCUT2D eigenvalue weighted by molar-refractivity contribution is 6.06. The van der Waals surface area contributed by atoms with E-state index in [1.807, 2.05) is 0 Å². The number of nitrogens with zero attached hydrogens (tertiary/aromatic N) is 4. The van der Waals surface area contributed by atoms with E-state index >= 15 is 0 Å². The zero-order valence-electron chi connectivity index (χ0n) is 14.8. The van der Waals surface area contributed by atoms with Crippen molar-refractivity contribution in [2.45, 2.75) is 32.1 Å². The molecule has 9 nitrogen and oxygen atoms in total. The minimum absolute atomic E-state index is 0.0568. The first-order valence-corrected chi connectivity index (χ1v) is 8.62. The van der Waals surface area contributed by atoms with Gasteiger partial charge in [0.1, 0.15) is 23.7 Å². The van der Waals surface area contributed by atoms with Crippen LogP contribution >= 0.6 is 0 Å². The molecular weight excluding hydrogens is 369 g/mol. The molecule has 144 valence electrons. The number of benzene rings is 1. The van der Waals surface area contributed by atoms with Crippen molar-refractivity contribution < 1.29 is 23.5 Å². The van der Waals surface area contributed by atoms with E-state index in [-0.39, 0.29) is 22.9 Å². The number of anilines is 1. The molecule has 1 saturated carbocycles. The van der Waals surface area contributed by atoms with Gasteiger partial charge in [0, 0.05) is 17.2 Å². The third kappa shape index (κ3) is 3.36. The summed E-state index contributed by atoms with van der Waals surface area (Å²) in [5.41, 5.74) is 1.10. The lowest BCUT2D eigenvalue weighted by atomic mass is 10.1. The summed E-state index contributed by atoms with van der Waals surface area (Å²) in [4.78, 5) is 23.6. The van der Waals surface area contributed by atoms with Gasteiger partial charge in [-0.3, -0.25) is 9.59 Å². The molecule has 0 radical (unpaired) electrons. The lowest BCUT2D eigenvalue weighted by Gasteiger charge is -2.10. The fourth-order valence-electron chi connectivity index (χ4n) is 2.98.